The van der Waals surface area contributed by atoms with Crippen LogP contribution in [0.1, 0.15) is 89.4 Å². The Balaban J connectivity index is 0.00000625. The maximum atomic E-state index is 9.42. The average Bonchev–Trinajstić information content (AvgIpc) is 3.58. The third-order valence-corrected chi connectivity index (χ3v) is 8.88. The molecule has 0 radical (unpaired) electrons. The summed E-state index contributed by atoms with van der Waals surface area (Å²) in [5.74, 6) is 3.05. The fraction of sp³-hybridized carbons (Fsp3) is 0.500. The van der Waals surface area contributed by atoms with Crippen LogP contribution in [0, 0.1) is 0 Å². The van der Waals surface area contributed by atoms with Crippen molar-refractivity contribution in [1.29, 1.82) is 0 Å². The van der Waals surface area contributed by atoms with Gasteiger partial charge in [0.1, 0.15) is 18.0 Å². The zero-order valence-electron chi connectivity index (χ0n) is 29.3. The lowest BCUT2D eigenvalue weighted by Gasteiger charge is -2.29. The number of para-hydroxylation sites is 1. The normalized spacial score (nSPS) is 12.0. The molecule has 48 heavy (non-hydrogen) atoms. The van der Waals surface area contributed by atoms with E-state index < -0.39 is 0 Å². The Kier molecular flexibility index (Phi) is 17.7. The number of hydrogen-bond donors (Lipinski definition) is 1. The van der Waals surface area contributed by atoms with Gasteiger partial charge in [-0.2, -0.15) is 0 Å². The van der Waals surface area contributed by atoms with Gasteiger partial charge in [-0.1, -0.05) is 94.3 Å². The molecule has 0 bridgehead atoms. The molecule has 0 aliphatic rings. The van der Waals surface area contributed by atoms with Gasteiger partial charge in [0.05, 0.1) is 40.5 Å². The zero-order valence-corrected chi connectivity index (χ0v) is 30.9. The van der Waals surface area contributed by atoms with Gasteiger partial charge in [0.25, 0.3) is 0 Å². The molecule has 0 aliphatic carbocycles. The van der Waals surface area contributed by atoms with Gasteiger partial charge in [-0.05, 0) is 73.2 Å². The minimum absolute atomic E-state index is 0. The van der Waals surface area contributed by atoms with E-state index in [1.807, 2.05) is 42.5 Å². The fourth-order valence-corrected chi connectivity index (χ4v) is 5.87. The van der Waals surface area contributed by atoms with Crippen LogP contribution in [0.15, 0.2) is 83.3 Å². The predicted octanol–water partition coefficient (Wildman–Crippen LogP) is 6.33. The van der Waals surface area contributed by atoms with Crippen LogP contribution in [-0.2, 0) is 0 Å². The molecular weight excluding hydrogens is 666 g/mol. The second kappa shape index (κ2) is 21.7. The lowest BCUT2D eigenvalue weighted by atomic mass is 9.99. The smallest absolute Gasteiger partial charge is 0.247 e. The second-order valence-electron chi connectivity index (χ2n) is 13.3. The molecule has 3 aromatic carbocycles. The van der Waals surface area contributed by atoms with Crippen LogP contribution in [-0.4, -0.2) is 66.8 Å². The average molecular weight is 723 g/mol. The summed E-state index contributed by atoms with van der Waals surface area (Å²) in [4.78, 5) is 0. The minimum Gasteiger partial charge on any atom is -1.00 e. The summed E-state index contributed by atoms with van der Waals surface area (Å²) in [6, 6.07) is 26.5. The SMILES string of the molecule is CCCCCCCCCCOc1ccc(-c2ccc(-c3nnc(C(CCC[N+](C)(C)CCO)CCOc4ccccc4)o3)cc2)cc1.[Br-]. The maximum Gasteiger partial charge on any atom is 0.247 e. The van der Waals surface area contributed by atoms with Crippen LogP contribution in [0.4, 0.5) is 0 Å². The highest BCUT2D eigenvalue weighted by molar-refractivity contribution is 5.67. The largest absolute Gasteiger partial charge is 1.00 e. The molecule has 1 aromatic heterocycles. The van der Waals surface area contributed by atoms with Crippen molar-refractivity contribution in [2.24, 2.45) is 0 Å². The van der Waals surface area contributed by atoms with Crippen LogP contribution in [0.3, 0.4) is 0 Å². The first-order valence-corrected chi connectivity index (χ1v) is 17.7. The van der Waals surface area contributed by atoms with Gasteiger partial charge in [0, 0.05) is 11.5 Å². The summed E-state index contributed by atoms with van der Waals surface area (Å²) >= 11 is 0. The number of aliphatic hydroxyl groups excluding tert-OH is 1. The summed E-state index contributed by atoms with van der Waals surface area (Å²) in [7, 11) is 4.30. The van der Waals surface area contributed by atoms with Crippen LogP contribution >= 0.6 is 0 Å². The number of aromatic nitrogens is 2. The number of nitrogens with zero attached hydrogens (tertiary/aromatic N) is 3. The van der Waals surface area contributed by atoms with E-state index in [2.05, 4.69) is 67.6 Å². The van der Waals surface area contributed by atoms with E-state index in [4.69, 9.17) is 13.9 Å². The van der Waals surface area contributed by atoms with Gasteiger partial charge < -0.3 is 40.5 Å². The highest BCUT2D eigenvalue weighted by Gasteiger charge is 2.22. The first kappa shape index (κ1) is 39.2. The van der Waals surface area contributed by atoms with E-state index in [-0.39, 0.29) is 29.5 Å². The van der Waals surface area contributed by atoms with Gasteiger partial charge in [-0.3, -0.25) is 0 Å². The summed E-state index contributed by atoms with van der Waals surface area (Å²) in [6.45, 7) is 5.49. The quantitative estimate of drug-likeness (QED) is 0.0713. The van der Waals surface area contributed by atoms with E-state index in [1.54, 1.807) is 0 Å². The molecule has 0 saturated carbocycles. The predicted molar refractivity (Wildman–Crippen MR) is 191 cm³/mol. The molecule has 1 N–H and O–H groups in total. The Hall–Kier alpha value is -3.20. The van der Waals surface area contributed by atoms with Gasteiger partial charge >= 0.3 is 0 Å². The van der Waals surface area contributed by atoms with Crippen molar-refractivity contribution in [3.8, 4) is 34.1 Å². The number of aliphatic hydroxyl groups is 1. The second-order valence-corrected chi connectivity index (χ2v) is 13.3. The Bertz CT molecular complexity index is 1390. The first-order valence-electron chi connectivity index (χ1n) is 17.7. The summed E-state index contributed by atoms with van der Waals surface area (Å²) in [6.07, 6.45) is 13.1. The molecule has 1 atom stereocenters. The minimum atomic E-state index is 0. The van der Waals surface area contributed by atoms with Crippen LogP contribution in [0.5, 0.6) is 11.5 Å². The van der Waals surface area contributed by atoms with E-state index in [0.29, 0.717) is 18.4 Å². The number of benzene rings is 3. The number of quaternary nitrogens is 1. The summed E-state index contributed by atoms with van der Waals surface area (Å²) in [5, 5.41) is 18.3. The van der Waals surface area contributed by atoms with Crippen molar-refractivity contribution in [2.75, 3.05) is 47.0 Å². The topological polar surface area (TPSA) is 77.6 Å². The Morgan fingerprint density at radius 1 is 0.646 bits per heavy atom. The summed E-state index contributed by atoms with van der Waals surface area (Å²) < 4.78 is 19.1. The Labute approximate surface area is 299 Å². The van der Waals surface area contributed by atoms with Gasteiger partial charge in [-0.25, -0.2) is 0 Å². The highest BCUT2D eigenvalue weighted by atomic mass is 79.9. The maximum absolute atomic E-state index is 9.42. The number of halogens is 1. The lowest BCUT2D eigenvalue weighted by molar-refractivity contribution is -0.890. The zero-order chi connectivity index (χ0) is 33.2. The van der Waals surface area contributed by atoms with Crippen LogP contribution < -0.4 is 26.5 Å². The standard InChI is InChI=1S/C40H56N3O4.BrH/c1-4-5-6-7-8-9-10-14-31-45-38-25-23-34(24-26-38)33-19-21-36(22-20-33)40-42-41-39(47-40)35(16-15-28-43(2,3)29-30-44)27-32-46-37-17-12-11-13-18-37;/h11-13,17-26,35,44H,4-10,14-16,27-32H2,1-3H3;1H/q+1;/p-1. The number of hydrogen-bond acceptors (Lipinski definition) is 6. The Morgan fingerprint density at radius 3 is 1.90 bits per heavy atom. The highest BCUT2D eigenvalue weighted by Crippen LogP contribution is 2.30. The molecule has 0 fully saturated rings. The van der Waals surface area contributed by atoms with Gasteiger partial charge in [-0.15, -0.1) is 10.2 Å². The van der Waals surface area contributed by atoms with E-state index in [1.165, 1.54) is 44.9 Å². The van der Waals surface area contributed by atoms with Crippen LogP contribution in [0.2, 0.25) is 0 Å². The van der Waals surface area contributed by atoms with Crippen molar-refractivity contribution in [2.45, 2.75) is 83.5 Å². The number of unbranched alkanes of at least 4 members (excludes halogenated alkanes) is 7. The molecule has 8 heteroatoms. The molecule has 0 spiro atoms. The third kappa shape index (κ3) is 13.7. The third-order valence-electron chi connectivity index (χ3n) is 8.88. The number of ether oxygens (including phenoxy) is 2. The van der Waals surface area contributed by atoms with E-state index in [0.717, 1.165) is 78.1 Å². The number of rotatable bonds is 23. The van der Waals surface area contributed by atoms with Crippen molar-refractivity contribution < 1.29 is 40.5 Å². The van der Waals surface area contributed by atoms with Crippen molar-refractivity contribution in [1.82, 2.24) is 10.2 Å². The van der Waals surface area contributed by atoms with Crippen molar-refractivity contribution in [3.63, 3.8) is 0 Å². The first-order chi connectivity index (χ1) is 23.0. The molecule has 4 rings (SSSR count). The molecule has 0 saturated heterocycles. The van der Waals surface area contributed by atoms with Crippen molar-refractivity contribution in [3.05, 3.63) is 84.8 Å². The van der Waals surface area contributed by atoms with Crippen LogP contribution in [0.25, 0.3) is 22.6 Å². The monoisotopic (exact) mass is 721 g/mol. The molecule has 1 heterocycles. The Morgan fingerprint density at radius 2 is 1.23 bits per heavy atom. The molecule has 4 aromatic rings. The molecule has 1 unspecified atom stereocenters. The van der Waals surface area contributed by atoms with E-state index >= 15 is 0 Å². The summed E-state index contributed by atoms with van der Waals surface area (Å²) in [5.41, 5.74) is 3.17. The van der Waals surface area contributed by atoms with Gasteiger partial charge in [0.2, 0.25) is 11.8 Å². The van der Waals surface area contributed by atoms with Crippen molar-refractivity contribution >= 4 is 0 Å². The van der Waals surface area contributed by atoms with E-state index in [9.17, 15) is 5.11 Å². The molecule has 7 nitrogen and oxygen atoms in total. The molecule has 0 aliphatic heterocycles. The fourth-order valence-electron chi connectivity index (χ4n) is 5.87. The number of likely N-dealkylation sites (N-methyl/N-ethyl adjacent to an activating group) is 1. The van der Waals surface area contributed by atoms with Gasteiger partial charge in [0.15, 0.2) is 0 Å². The molecule has 262 valence electrons. The molecular formula is C40H56BrN3O4. The lowest BCUT2D eigenvalue weighted by Crippen LogP contribution is -3.00. The molecule has 0 amide bonds.